The van der Waals surface area contributed by atoms with Gasteiger partial charge in [0.15, 0.2) is 5.79 Å². The standard InChI is InChI=1S/C11H18O3/c1-9(2)10-7-13-11(14-8-10)3-5-12-6-4-11/h1,9-10H,3-8H2,2H3. The van der Waals surface area contributed by atoms with Crippen molar-refractivity contribution in [1.29, 1.82) is 0 Å². The summed E-state index contributed by atoms with van der Waals surface area (Å²) in [5.74, 6) is 0.125. The Kier molecular flexibility index (Phi) is 3.10. The highest BCUT2D eigenvalue weighted by Gasteiger charge is 2.39. The molecule has 2 heterocycles. The Morgan fingerprint density at radius 3 is 2.29 bits per heavy atom. The summed E-state index contributed by atoms with van der Waals surface area (Å²) < 4.78 is 16.9. The van der Waals surface area contributed by atoms with Crippen LogP contribution in [0.4, 0.5) is 0 Å². The van der Waals surface area contributed by atoms with Crippen LogP contribution in [-0.4, -0.2) is 32.2 Å². The quantitative estimate of drug-likeness (QED) is 0.639. The molecule has 14 heavy (non-hydrogen) atoms. The molecule has 0 aromatic rings. The summed E-state index contributed by atoms with van der Waals surface area (Å²) >= 11 is 0. The zero-order valence-corrected chi connectivity index (χ0v) is 8.70. The lowest BCUT2D eigenvalue weighted by molar-refractivity contribution is -0.309. The van der Waals surface area contributed by atoms with E-state index in [-0.39, 0.29) is 11.7 Å². The normalized spacial score (nSPS) is 28.5. The van der Waals surface area contributed by atoms with Crippen molar-refractivity contribution in [2.24, 2.45) is 11.8 Å². The second kappa shape index (κ2) is 4.17. The molecule has 2 rings (SSSR count). The molecule has 80 valence electrons. The summed E-state index contributed by atoms with van der Waals surface area (Å²) in [6, 6.07) is 0. The first kappa shape index (κ1) is 10.4. The van der Waals surface area contributed by atoms with Crippen LogP contribution in [0, 0.1) is 18.8 Å². The van der Waals surface area contributed by atoms with Gasteiger partial charge < -0.3 is 14.2 Å². The van der Waals surface area contributed by atoms with Gasteiger partial charge in [-0.15, -0.1) is 0 Å². The molecule has 1 atom stereocenters. The summed E-state index contributed by atoms with van der Waals surface area (Å²) in [5, 5.41) is 0. The highest BCUT2D eigenvalue weighted by molar-refractivity contribution is 4.80. The van der Waals surface area contributed by atoms with E-state index in [2.05, 4.69) is 0 Å². The van der Waals surface area contributed by atoms with E-state index in [0.717, 1.165) is 39.3 Å². The lowest BCUT2D eigenvalue weighted by Crippen LogP contribution is -2.48. The molecule has 2 aliphatic heterocycles. The van der Waals surface area contributed by atoms with Gasteiger partial charge in [-0.3, -0.25) is 0 Å². The first-order valence-electron chi connectivity index (χ1n) is 5.33. The van der Waals surface area contributed by atoms with Crippen LogP contribution in [0.5, 0.6) is 0 Å². The molecule has 3 nitrogen and oxygen atoms in total. The second-order valence-corrected chi connectivity index (χ2v) is 4.26. The van der Waals surface area contributed by atoms with Gasteiger partial charge >= 0.3 is 0 Å². The van der Waals surface area contributed by atoms with Crippen molar-refractivity contribution < 1.29 is 14.2 Å². The van der Waals surface area contributed by atoms with Crippen molar-refractivity contribution >= 4 is 0 Å². The number of ether oxygens (including phenoxy) is 3. The summed E-state index contributed by atoms with van der Waals surface area (Å²) in [4.78, 5) is 0. The molecule has 0 amide bonds. The first-order chi connectivity index (χ1) is 6.72. The van der Waals surface area contributed by atoms with E-state index in [1.165, 1.54) is 0 Å². The van der Waals surface area contributed by atoms with Crippen LogP contribution in [0.2, 0.25) is 0 Å². The van der Waals surface area contributed by atoms with Crippen molar-refractivity contribution in [1.82, 2.24) is 0 Å². The third kappa shape index (κ3) is 2.10. The lowest BCUT2D eigenvalue weighted by atomic mass is 9.95. The lowest BCUT2D eigenvalue weighted by Gasteiger charge is -2.43. The van der Waals surface area contributed by atoms with E-state index in [4.69, 9.17) is 21.1 Å². The van der Waals surface area contributed by atoms with Crippen molar-refractivity contribution in [2.45, 2.75) is 25.6 Å². The fourth-order valence-corrected chi connectivity index (χ4v) is 1.88. The van der Waals surface area contributed by atoms with Crippen molar-refractivity contribution in [3.05, 3.63) is 6.92 Å². The van der Waals surface area contributed by atoms with E-state index in [0.29, 0.717) is 5.92 Å². The Bertz CT molecular complexity index is 175. The Hall–Kier alpha value is -0.120. The van der Waals surface area contributed by atoms with Gasteiger partial charge in [-0.05, 0) is 12.8 Å². The van der Waals surface area contributed by atoms with Gasteiger partial charge in [0.1, 0.15) is 0 Å². The van der Waals surface area contributed by atoms with Gasteiger partial charge in [0.25, 0.3) is 0 Å². The molecule has 2 saturated heterocycles. The van der Waals surface area contributed by atoms with Gasteiger partial charge in [0.2, 0.25) is 0 Å². The molecular weight excluding hydrogens is 180 g/mol. The monoisotopic (exact) mass is 198 g/mol. The largest absolute Gasteiger partial charge is 0.381 e. The maximum Gasteiger partial charge on any atom is 0.172 e. The fourth-order valence-electron chi connectivity index (χ4n) is 1.88. The van der Waals surface area contributed by atoms with E-state index in [1.54, 1.807) is 0 Å². The highest BCUT2D eigenvalue weighted by Crippen LogP contribution is 2.32. The average molecular weight is 198 g/mol. The SMILES string of the molecule is [CH]C(C)C1COC2(CCOCC2)OC1. The predicted octanol–water partition coefficient (Wildman–Crippen LogP) is 1.50. The van der Waals surface area contributed by atoms with E-state index in [9.17, 15) is 0 Å². The minimum absolute atomic E-state index is 0.146. The molecule has 1 unspecified atom stereocenters. The summed E-state index contributed by atoms with van der Waals surface area (Å²) in [6.07, 6.45) is 1.69. The van der Waals surface area contributed by atoms with E-state index < -0.39 is 0 Å². The van der Waals surface area contributed by atoms with Gasteiger partial charge in [-0.2, -0.15) is 0 Å². The van der Waals surface area contributed by atoms with Gasteiger partial charge in [-0.25, -0.2) is 0 Å². The third-order valence-electron chi connectivity index (χ3n) is 3.12. The Balaban J connectivity index is 1.87. The summed E-state index contributed by atoms with van der Waals surface area (Å²) in [5.41, 5.74) is 0. The zero-order valence-electron chi connectivity index (χ0n) is 8.70. The Morgan fingerprint density at radius 2 is 1.79 bits per heavy atom. The molecule has 0 saturated carbocycles. The molecule has 0 aliphatic carbocycles. The molecule has 0 N–H and O–H groups in total. The molecular formula is C11H18O3. The van der Waals surface area contributed by atoms with Crippen LogP contribution in [-0.2, 0) is 14.2 Å². The minimum atomic E-state index is -0.357. The maximum absolute atomic E-state index is 5.80. The summed E-state index contributed by atoms with van der Waals surface area (Å²) in [6.45, 7) is 10.7. The van der Waals surface area contributed by atoms with Crippen LogP contribution in [0.3, 0.4) is 0 Å². The van der Waals surface area contributed by atoms with Crippen molar-refractivity contribution in [3.63, 3.8) is 0 Å². The topological polar surface area (TPSA) is 27.7 Å². The van der Waals surface area contributed by atoms with E-state index >= 15 is 0 Å². The molecule has 0 aromatic heterocycles. The predicted molar refractivity (Wildman–Crippen MR) is 51.6 cm³/mol. The van der Waals surface area contributed by atoms with Crippen LogP contribution >= 0.6 is 0 Å². The molecule has 2 fully saturated rings. The molecule has 0 bridgehead atoms. The minimum Gasteiger partial charge on any atom is -0.381 e. The Labute approximate surface area is 85.7 Å². The molecule has 2 aliphatic rings. The maximum atomic E-state index is 5.80. The fraction of sp³-hybridized carbons (Fsp3) is 0.909. The number of rotatable bonds is 1. The van der Waals surface area contributed by atoms with Crippen LogP contribution in [0.1, 0.15) is 19.8 Å². The second-order valence-electron chi connectivity index (χ2n) is 4.26. The summed E-state index contributed by atoms with van der Waals surface area (Å²) in [7, 11) is 0. The molecule has 0 aromatic carbocycles. The van der Waals surface area contributed by atoms with Crippen LogP contribution < -0.4 is 0 Å². The van der Waals surface area contributed by atoms with Crippen LogP contribution in [0.15, 0.2) is 0 Å². The number of hydrogen-bond donors (Lipinski definition) is 0. The van der Waals surface area contributed by atoms with Gasteiger partial charge in [0, 0.05) is 18.8 Å². The van der Waals surface area contributed by atoms with Gasteiger partial charge in [0.05, 0.1) is 26.4 Å². The zero-order chi connectivity index (χ0) is 10.0. The molecule has 3 heteroatoms. The molecule has 2 radical (unpaired) electrons. The average Bonchev–Trinajstić information content (AvgIpc) is 2.19. The number of hydrogen-bond acceptors (Lipinski definition) is 3. The van der Waals surface area contributed by atoms with Crippen molar-refractivity contribution in [2.75, 3.05) is 26.4 Å². The highest BCUT2D eigenvalue weighted by atomic mass is 16.7. The van der Waals surface area contributed by atoms with Crippen LogP contribution in [0.25, 0.3) is 0 Å². The smallest absolute Gasteiger partial charge is 0.172 e. The van der Waals surface area contributed by atoms with Crippen molar-refractivity contribution in [3.8, 4) is 0 Å². The Morgan fingerprint density at radius 1 is 1.21 bits per heavy atom. The first-order valence-corrected chi connectivity index (χ1v) is 5.33. The van der Waals surface area contributed by atoms with Gasteiger partial charge in [-0.1, -0.05) is 6.92 Å². The van der Waals surface area contributed by atoms with E-state index in [1.807, 2.05) is 6.92 Å². The molecule has 1 spiro atoms. The third-order valence-corrected chi connectivity index (χ3v) is 3.12.